The predicted octanol–water partition coefficient (Wildman–Crippen LogP) is 4.00. The molecule has 0 bridgehead atoms. The molecular weight excluding hydrogens is 364 g/mol. The van der Waals surface area contributed by atoms with Crippen molar-refractivity contribution >= 4 is 23.2 Å². The van der Waals surface area contributed by atoms with Gasteiger partial charge < -0.3 is 5.32 Å². The lowest BCUT2D eigenvalue weighted by Gasteiger charge is -2.22. The molecule has 8 heteroatoms. The third kappa shape index (κ3) is 3.60. The molecule has 1 aliphatic carbocycles. The zero-order valence-corrected chi connectivity index (χ0v) is 16.2. The monoisotopic (exact) mass is 384 g/mol. The minimum atomic E-state index is -0.275. The number of benzene rings is 1. The molecule has 0 unspecified atom stereocenters. The highest BCUT2D eigenvalue weighted by Crippen LogP contribution is 2.41. The molecule has 1 amide bonds. The predicted molar refractivity (Wildman–Crippen MR) is 104 cm³/mol. The van der Waals surface area contributed by atoms with Crippen molar-refractivity contribution in [1.29, 1.82) is 0 Å². The van der Waals surface area contributed by atoms with Crippen LogP contribution in [0.3, 0.4) is 0 Å². The lowest BCUT2D eigenvalue weighted by Crippen LogP contribution is -2.26. The fourth-order valence-electron chi connectivity index (χ4n) is 3.04. The standard InChI is InChI=1S/C19H21ClN6O/c1-19(2,3)26-17(12-4-5-12)9-15(24-26)18(27)23-14-8-13(20)6-7-16(14)25-11-21-10-22-25/h6-12H,4-5H2,1-3H3,(H,23,27). The van der Waals surface area contributed by atoms with Crippen molar-refractivity contribution in [2.45, 2.75) is 45.1 Å². The Bertz CT molecular complexity index is 982. The molecule has 4 rings (SSSR count). The van der Waals surface area contributed by atoms with E-state index in [1.54, 1.807) is 29.2 Å². The number of hydrogen-bond acceptors (Lipinski definition) is 4. The minimum absolute atomic E-state index is 0.182. The first-order valence-electron chi connectivity index (χ1n) is 8.89. The summed E-state index contributed by atoms with van der Waals surface area (Å²) in [5.41, 5.74) is 2.57. The van der Waals surface area contributed by atoms with Crippen LogP contribution in [0.4, 0.5) is 5.69 Å². The summed E-state index contributed by atoms with van der Waals surface area (Å²) in [7, 11) is 0. The number of nitrogens with zero attached hydrogens (tertiary/aromatic N) is 5. The first-order chi connectivity index (χ1) is 12.8. The van der Waals surface area contributed by atoms with Gasteiger partial charge in [-0.25, -0.2) is 9.67 Å². The average Bonchev–Trinajstić information content (AvgIpc) is 3.11. The molecule has 140 valence electrons. The molecule has 1 saturated carbocycles. The van der Waals surface area contributed by atoms with Gasteiger partial charge in [0.15, 0.2) is 5.69 Å². The Morgan fingerprint density at radius 2 is 2.04 bits per heavy atom. The van der Waals surface area contributed by atoms with Crippen molar-refractivity contribution in [3.63, 3.8) is 0 Å². The minimum Gasteiger partial charge on any atom is -0.319 e. The molecular formula is C19H21ClN6O. The quantitative estimate of drug-likeness (QED) is 0.737. The summed E-state index contributed by atoms with van der Waals surface area (Å²) < 4.78 is 3.55. The Balaban J connectivity index is 1.67. The van der Waals surface area contributed by atoms with Gasteiger partial charge in [-0.05, 0) is 57.9 Å². The molecule has 2 heterocycles. The van der Waals surface area contributed by atoms with Gasteiger partial charge in [0.1, 0.15) is 12.7 Å². The van der Waals surface area contributed by atoms with Crippen molar-refractivity contribution in [2.24, 2.45) is 0 Å². The third-order valence-corrected chi connectivity index (χ3v) is 4.71. The lowest BCUT2D eigenvalue weighted by molar-refractivity contribution is 0.102. The number of anilines is 1. The number of hydrogen-bond donors (Lipinski definition) is 1. The summed E-state index contributed by atoms with van der Waals surface area (Å²) in [5.74, 6) is 0.221. The molecule has 0 saturated heterocycles. The maximum atomic E-state index is 12.9. The van der Waals surface area contributed by atoms with Crippen LogP contribution in [-0.4, -0.2) is 30.5 Å². The average molecular weight is 385 g/mol. The number of nitrogens with one attached hydrogen (secondary N) is 1. The molecule has 27 heavy (non-hydrogen) atoms. The van der Waals surface area contributed by atoms with Crippen molar-refractivity contribution in [1.82, 2.24) is 24.5 Å². The van der Waals surface area contributed by atoms with E-state index in [-0.39, 0.29) is 11.4 Å². The van der Waals surface area contributed by atoms with Gasteiger partial charge in [-0.2, -0.15) is 10.2 Å². The molecule has 0 spiro atoms. The van der Waals surface area contributed by atoms with E-state index >= 15 is 0 Å². The zero-order chi connectivity index (χ0) is 19.2. The van der Waals surface area contributed by atoms with Crippen molar-refractivity contribution < 1.29 is 4.79 Å². The van der Waals surface area contributed by atoms with Crippen molar-refractivity contribution in [3.05, 3.63) is 53.3 Å². The molecule has 2 aromatic heterocycles. The van der Waals surface area contributed by atoms with Crippen LogP contribution < -0.4 is 5.32 Å². The van der Waals surface area contributed by atoms with Gasteiger partial charge in [0.25, 0.3) is 5.91 Å². The summed E-state index contributed by atoms with van der Waals surface area (Å²) >= 11 is 6.13. The Morgan fingerprint density at radius 1 is 1.26 bits per heavy atom. The van der Waals surface area contributed by atoms with Crippen LogP contribution in [0.1, 0.15) is 55.7 Å². The Hall–Kier alpha value is -2.67. The van der Waals surface area contributed by atoms with E-state index < -0.39 is 0 Å². The van der Waals surface area contributed by atoms with Gasteiger partial charge in [0.05, 0.1) is 16.9 Å². The molecule has 0 aliphatic heterocycles. The van der Waals surface area contributed by atoms with E-state index in [2.05, 4.69) is 41.3 Å². The summed E-state index contributed by atoms with van der Waals surface area (Å²) in [4.78, 5) is 16.9. The second-order valence-corrected chi connectivity index (χ2v) is 8.20. The summed E-state index contributed by atoms with van der Waals surface area (Å²) in [6.07, 6.45) is 5.30. The van der Waals surface area contributed by atoms with Crippen molar-refractivity contribution in [3.8, 4) is 5.69 Å². The number of amides is 1. The zero-order valence-electron chi connectivity index (χ0n) is 15.5. The summed E-state index contributed by atoms with van der Waals surface area (Å²) in [6.45, 7) is 6.27. The van der Waals surface area contributed by atoms with E-state index in [9.17, 15) is 4.79 Å². The molecule has 1 fully saturated rings. The number of halogens is 1. The summed E-state index contributed by atoms with van der Waals surface area (Å²) in [6, 6.07) is 7.13. The first kappa shape index (κ1) is 17.7. The number of carbonyl (C=O) groups is 1. The van der Waals surface area contributed by atoms with Gasteiger partial charge in [0, 0.05) is 16.6 Å². The largest absolute Gasteiger partial charge is 0.319 e. The van der Waals surface area contributed by atoms with Crippen LogP contribution in [-0.2, 0) is 5.54 Å². The SMILES string of the molecule is CC(C)(C)n1nc(C(=O)Nc2cc(Cl)ccc2-n2cncn2)cc1C1CC1. The highest BCUT2D eigenvalue weighted by atomic mass is 35.5. The number of rotatable bonds is 4. The number of carbonyl (C=O) groups excluding carboxylic acids is 1. The molecule has 1 N–H and O–H groups in total. The normalized spacial score (nSPS) is 14.4. The fraction of sp³-hybridized carbons (Fsp3) is 0.368. The Morgan fingerprint density at radius 3 is 2.67 bits per heavy atom. The van der Waals surface area contributed by atoms with Crippen LogP contribution in [0.25, 0.3) is 5.69 Å². The molecule has 0 radical (unpaired) electrons. The van der Waals surface area contributed by atoms with Gasteiger partial charge in [0.2, 0.25) is 0 Å². The maximum absolute atomic E-state index is 12.9. The van der Waals surface area contributed by atoms with Gasteiger partial charge >= 0.3 is 0 Å². The van der Waals surface area contributed by atoms with E-state index in [0.29, 0.717) is 28.0 Å². The Labute approximate surface area is 162 Å². The van der Waals surface area contributed by atoms with E-state index in [0.717, 1.165) is 18.5 Å². The van der Waals surface area contributed by atoms with E-state index in [1.807, 2.05) is 10.7 Å². The molecule has 1 aromatic carbocycles. The number of aromatic nitrogens is 5. The van der Waals surface area contributed by atoms with Crippen LogP contribution in [0, 0.1) is 0 Å². The second kappa shape index (κ2) is 6.49. The Kier molecular flexibility index (Phi) is 4.26. The lowest BCUT2D eigenvalue weighted by atomic mass is 10.1. The first-order valence-corrected chi connectivity index (χ1v) is 9.27. The van der Waals surface area contributed by atoms with Crippen LogP contribution >= 0.6 is 11.6 Å². The molecule has 1 aliphatic rings. The highest BCUT2D eigenvalue weighted by Gasteiger charge is 2.32. The molecule has 7 nitrogen and oxygen atoms in total. The van der Waals surface area contributed by atoms with Crippen LogP contribution in [0.5, 0.6) is 0 Å². The van der Waals surface area contributed by atoms with Gasteiger partial charge in [-0.3, -0.25) is 9.48 Å². The van der Waals surface area contributed by atoms with E-state index in [4.69, 9.17) is 11.6 Å². The maximum Gasteiger partial charge on any atom is 0.276 e. The fourth-order valence-corrected chi connectivity index (χ4v) is 3.21. The topological polar surface area (TPSA) is 77.6 Å². The second-order valence-electron chi connectivity index (χ2n) is 7.77. The smallest absolute Gasteiger partial charge is 0.276 e. The van der Waals surface area contributed by atoms with Gasteiger partial charge in [-0.15, -0.1) is 0 Å². The van der Waals surface area contributed by atoms with E-state index in [1.165, 1.54) is 6.33 Å². The van der Waals surface area contributed by atoms with Crippen LogP contribution in [0.2, 0.25) is 5.02 Å². The molecule has 3 aromatic rings. The summed E-state index contributed by atoms with van der Waals surface area (Å²) in [5, 5.41) is 12.2. The van der Waals surface area contributed by atoms with Crippen molar-refractivity contribution in [2.75, 3.05) is 5.32 Å². The molecule has 0 atom stereocenters. The third-order valence-electron chi connectivity index (χ3n) is 4.47. The van der Waals surface area contributed by atoms with Gasteiger partial charge in [-0.1, -0.05) is 11.6 Å². The van der Waals surface area contributed by atoms with Crippen LogP contribution in [0.15, 0.2) is 36.9 Å². The highest BCUT2D eigenvalue weighted by molar-refractivity contribution is 6.31.